The predicted molar refractivity (Wildman–Crippen MR) is 113 cm³/mol. The van der Waals surface area contributed by atoms with Crippen molar-refractivity contribution in [1.82, 2.24) is 9.47 Å². The molecule has 0 N–H and O–H groups in total. The summed E-state index contributed by atoms with van der Waals surface area (Å²) in [5, 5.41) is 0. The van der Waals surface area contributed by atoms with Gasteiger partial charge in [-0.05, 0) is 32.0 Å². The lowest BCUT2D eigenvalue weighted by molar-refractivity contribution is -0.137. The van der Waals surface area contributed by atoms with Crippen LogP contribution in [0, 0.1) is 6.92 Å². The minimum absolute atomic E-state index is 0.117. The molecule has 1 aliphatic rings. The van der Waals surface area contributed by atoms with Gasteiger partial charge in [0.15, 0.2) is 5.58 Å². The zero-order valence-electron chi connectivity index (χ0n) is 17.5. The molecular weight excluding hydrogens is 407 g/mol. The van der Waals surface area contributed by atoms with Crippen LogP contribution in [-0.4, -0.2) is 41.6 Å². The normalized spacial score (nSPS) is 15.0. The van der Waals surface area contributed by atoms with Gasteiger partial charge < -0.3 is 18.8 Å². The Morgan fingerprint density at radius 3 is 2.48 bits per heavy atom. The highest BCUT2D eigenvalue weighted by Gasteiger charge is 2.31. The van der Waals surface area contributed by atoms with Crippen molar-refractivity contribution in [2.75, 3.05) is 31.1 Å². The van der Waals surface area contributed by atoms with Crippen molar-refractivity contribution in [1.29, 1.82) is 0 Å². The van der Waals surface area contributed by atoms with Gasteiger partial charge in [-0.25, -0.2) is 0 Å². The number of benzene rings is 1. The Morgan fingerprint density at radius 1 is 1.13 bits per heavy atom. The summed E-state index contributed by atoms with van der Waals surface area (Å²) < 4.78 is 46.7. The zero-order chi connectivity index (χ0) is 22.3. The average molecular weight is 431 g/mol. The number of halogens is 3. The molecule has 0 aliphatic carbocycles. The molecule has 3 heterocycles. The molecule has 5 nitrogen and oxygen atoms in total. The second-order valence-corrected chi connectivity index (χ2v) is 8.01. The van der Waals surface area contributed by atoms with E-state index in [-0.39, 0.29) is 5.91 Å². The zero-order valence-corrected chi connectivity index (χ0v) is 17.5. The summed E-state index contributed by atoms with van der Waals surface area (Å²) in [4.78, 5) is 16.9. The highest BCUT2D eigenvalue weighted by Crippen LogP contribution is 2.32. The Labute approximate surface area is 178 Å². The number of aryl methyl sites for hydroxylation is 1. The number of furan rings is 1. The highest BCUT2D eigenvalue weighted by atomic mass is 19.4. The molecule has 1 fully saturated rings. The molecule has 31 heavy (non-hydrogen) atoms. The highest BCUT2D eigenvalue weighted by molar-refractivity contribution is 5.98. The Balaban J connectivity index is 1.51. The van der Waals surface area contributed by atoms with E-state index in [1.165, 1.54) is 6.07 Å². The van der Waals surface area contributed by atoms with Crippen LogP contribution in [0.25, 0.3) is 11.1 Å². The van der Waals surface area contributed by atoms with Crippen molar-refractivity contribution < 1.29 is 22.4 Å². The first-order valence-corrected chi connectivity index (χ1v) is 10.1. The Bertz CT molecular complexity index is 1130. The van der Waals surface area contributed by atoms with E-state index in [1.807, 2.05) is 29.4 Å². The van der Waals surface area contributed by atoms with Crippen LogP contribution in [0.3, 0.4) is 0 Å². The van der Waals surface area contributed by atoms with Gasteiger partial charge in [-0.3, -0.25) is 4.79 Å². The van der Waals surface area contributed by atoms with Crippen LogP contribution in [0.5, 0.6) is 0 Å². The molecule has 0 radical (unpaired) electrons. The van der Waals surface area contributed by atoms with Crippen LogP contribution in [0.2, 0.25) is 0 Å². The van der Waals surface area contributed by atoms with Gasteiger partial charge in [0.1, 0.15) is 11.5 Å². The molecule has 0 atom stereocenters. The number of piperazine rings is 1. The Morgan fingerprint density at radius 2 is 1.84 bits per heavy atom. The monoisotopic (exact) mass is 431 g/mol. The summed E-state index contributed by atoms with van der Waals surface area (Å²) in [5.41, 5.74) is 2.81. The summed E-state index contributed by atoms with van der Waals surface area (Å²) in [6, 6.07) is 8.97. The fourth-order valence-corrected chi connectivity index (χ4v) is 3.99. The summed E-state index contributed by atoms with van der Waals surface area (Å²) in [7, 11) is 0. The molecular formula is C23H24F3N3O2. The molecule has 1 saturated heterocycles. The maximum absolute atomic E-state index is 13.2. The van der Waals surface area contributed by atoms with Crippen molar-refractivity contribution in [2.24, 2.45) is 0 Å². The number of carbonyl (C=O) groups is 1. The van der Waals surface area contributed by atoms with Crippen molar-refractivity contribution in [2.45, 2.75) is 26.6 Å². The van der Waals surface area contributed by atoms with Crippen LogP contribution >= 0.6 is 0 Å². The lowest BCUT2D eigenvalue weighted by Crippen LogP contribution is -2.49. The summed E-state index contributed by atoms with van der Waals surface area (Å²) in [5.74, 6) is 0.656. The van der Waals surface area contributed by atoms with Crippen molar-refractivity contribution in [3.63, 3.8) is 0 Å². The largest absolute Gasteiger partial charge is 0.460 e. The predicted octanol–water partition coefficient (Wildman–Crippen LogP) is 5.10. The van der Waals surface area contributed by atoms with Gasteiger partial charge >= 0.3 is 6.18 Å². The molecule has 0 saturated carbocycles. The lowest BCUT2D eigenvalue weighted by Gasteiger charge is -2.36. The standard InChI is InChI=1S/C23H24F3N3O2/c1-15(2)14-29-19-11-16(3)31-21(19)13-20(29)22(30)28-9-7-27(8-10-28)18-6-4-5-17(12-18)23(24,25)26/h4-6,11-13H,1,7-10,14H2,2-3H3. The van der Waals surface area contributed by atoms with E-state index in [4.69, 9.17) is 4.42 Å². The van der Waals surface area contributed by atoms with Gasteiger partial charge in [-0.2, -0.15) is 13.2 Å². The van der Waals surface area contributed by atoms with Crippen molar-refractivity contribution >= 4 is 22.7 Å². The molecule has 0 spiro atoms. The summed E-state index contributed by atoms with van der Waals surface area (Å²) in [6.07, 6.45) is -4.38. The Hall–Kier alpha value is -3.16. The summed E-state index contributed by atoms with van der Waals surface area (Å²) >= 11 is 0. The maximum Gasteiger partial charge on any atom is 0.416 e. The number of carbonyl (C=O) groups excluding carboxylic acids is 1. The van der Waals surface area contributed by atoms with Crippen molar-refractivity contribution in [3.8, 4) is 0 Å². The first kappa shape index (κ1) is 21.1. The average Bonchev–Trinajstić information content (AvgIpc) is 3.23. The minimum atomic E-state index is -4.38. The summed E-state index contributed by atoms with van der Waals surface area (Å²) in [6.45, 7) is 10.0. The van der Waals surface area contributed by atoms with Crippen LogP contribution in [0.15, 0.2) is 53.0 Å². The van der Waals surface area contributed by atoms with Gasteiger partial charge in [0.2, 0.25) is 0 Å². The number of alkyl halides is 3. The fourth-order valence-electron chi connectivity index (χ4n) is 3.99. The third kappa shape index (κ3) is 4.19. The molecule has 0 bridgehead atoms. The smallest absolute Gasteiger partial charge is 0.416 e. The minimum Gasteiger partial charge on any atom is -0.460 e. The third-order valence-electron chi connectivity index (χ3n) is 5.47. The SMILES string of the molecule is C=C(C)Cn1c(C(=O)N2CCN(c3cccc(C(F)(F)F)c3)CC2)cc2oc(C)cc21. The number of nitrogens with zero attached hydrogens (tertiary/aromatic N) is 3. The van der Waals surface area contributed by atoms with Crippen LogP contribution < -0.4 is 4.90 Å². The number of hydrogen-bond donors (Lipinski definition) is 0. The van der Waals surface area contributed by atoms with Crippen LogP contribution in [0.4, 0.5) is 18.9 Å². The fraction of sp³-hybridized carbons (Fsp3) is 0.348. The lowest BCUT2D eigenvalue weighted by atomic mass is 10.1. The number of allylic oxidation sites excluding steroid dienone is 1. The van der Waals surface area contributed by atoms with Crippen molar-refractivity contribution in [3.05, 3.63) is 65.6 Å². The molecule has 4 rings (SSSR count). The first-order chi connectivity index (χ1) is 14.6. The van der Waals surface area contributed by atoms with E-state index in [1.54, 1.807) is 17.0 Å². The van der Waals surface area contributed by atoms with Gasteiger partial charge in [0.05, 0.1) is 11.1 Å². The second kappa shape index (κ2) is 7.83. The molecule has 2 aromatic heterocycles. The Kier molecular flexibility index (Phi) is 5.33. The van der Waals surface area contributed by atoms with E-state index < -0.39 is 11.7 Å². The van der Waals surface area contributed by atoms with Gasteiger partial charge in [-0.15, -0.1) is 0 Å². The van der Waals surface area contributed by atoms with E-state index >= 15 is 0 Å². The van der Waals surface area contributed by atoms with Crippen LogP contribution in [-0.2, 0) is 12.7 Å². The first-order valence-electron chi connectivity index (χ1n) is 10.1. The second-order valence-electron chi connectivity index (χ2n) is 8.01. The quantitative estimate of drug-likeness (QED) is 0.540. The molecule has 1 amide bonds. The van der Waals surface area contributed by atoms with Crippen LogP contribution in [0.1, 0.15) is 28.7 Å². The maximum atomic E-state index is 13.2. The van der Waals surface area contributed by atoms with Gasteiger partial charge in [-0.1, -0.05) is 18.2 Å². The molecule has 8 heteroatoms. The number of aromatic nitrogens is 1. The number of anilines is 1. The van der Waals surface area contributed by atoms with E-state index in [9.17, 15) is 18.0 Å². The topological polar surface area (TPSA) is 41.6 Å². The van der Waals surface area contributed by atoms with E-state index in [2.05, 4.69) is 6.58 Å². The molecule has 1 aromatic carbocycles. The molecule has 1 aliphatic heterocycles. The number of fused-ring (bicyclic) bond motifs is 1. The third-order valence-corrected chi connectivity index (χ3v) is 5.47. The number of rotatable bonds is 4. The number of hydrogen-bond acceptors (Lipinski definition) is 3. The number of amides is 1. The molecule has 164 valence electrons. The van der Waals surface area contributed by atoms with Gasteiger partial charge in [0, 0.05) is 50.5 Å². The van der Waals surface area contributed by atoms with E-state index in [0.717, 1.165) is 29.0 Å². The van der Waals surface area contributed by atoms with E-state index in [0.29, 0.717) is 49.7 Å². The van der Waals surface area contributed by atoms with Gasteiger partial charge in [0.25, 0.3) is 5.91 Å². The molecule has 3 aromatic rings. The molecule has 0 unspecified atom stereocenters.